The zero-order valence-corrected chi connectivity index (χ0v) is 18.9. The predicted octanol–water partition coefficient (Wildman–Crippen LogP) is 4.68. The van der Waals surface area contributed by atoms with Gasteiger partial charge in [-0.15, -0.1) is 0 Å². The highest BCUT2D eigenvalue weighted by molar-refractivity contribution is 5.25. The maximum atomic E-state index is 11.3. The molecule has 4 fully saturated rings. The molecule has 0 bridgehead atoms. The largest absolute Gasteiger partial charge is 0.393 e. The van der Waals surface area contributed by atoms with Gasteiger partial charge in [0.25, 0.3) is 0 Å². The lowest BCUT2D eigenvalue weighted by atomic mass is 9.47. The van der Waals surface area contributed by atoms with Crippen LogP contribution in [0.4, 0.5) is 0 Å². The molecule has 1 saturated heterocycles. The minimum Gasteiger partial charge on any atom is -0.393 e. The molecule has 3 heteroatoms. The zero-order valence-electron chi connectivity index (χ0n) is 18.9. The first kappa shape index (κ1) is 20.5. The topological polar surface area (TPSA) is 52.5 Å². The normalized spacial score (nSPS) is 53.4. The third kappa shape index (κ3) is 3.09. The van der Waals surface area contributed by atoms with Crippen LogP contribution >= 0.6 is 0 Å². The fraction of sp³-hybridized carbons (Fsp3) is 0.923. The Morgan fingerprint density at radius 3 is 2.66 bits per heavy atom. The van der Waals surface area contributed by atoms with Crippen molar-refractivity contribution in [2.45, 2.75) is 103 Å². The standard InChI is InChI=1S/C26H43NO2/c1-16(22-6-4-5-13-27-22)24-23(29)15-21-19-8-7-17-14-18(28)9-11-25(17,2)20(19)10-12-26(21,24)3/h7,16,18-24,27-29H,4-6,8-15H2,1-3H3/t16-,18+,19+,20+,21+,22+,23+,24+,25+,26+/m1/s1. The number of aliphatic hydroxyl groups excluding tert-OH is 2. The van der Waals surface area contributed by atoms with E-state index >= 15 is 0 Å². The van der Waals surface area contributed by atoms with Crippen LogP contribution in [0.25, 0.3) is 0 Å². The van der Waals surface area contributed by atoms with E-state index in [1.54, 1.807) is 5.57 Å². The van der Waals surface area contributed by atoms with E-state index < -0.39 is 0 Å². The molecule has 4 aliphatic carbocycles. The Kier molecular flexibility index (Phi) is 5.20. The molecule has 3 saturated carbocycles. The van der Waals surface area contributed by atoms with Crippen LogP contribution in [0.3, 0.4) is 0 Å². The number of rotatable bonds is 2. The molecule has 5 aliphatic rings. The Morgan fingerprint density at radius 1 is 1.07 bits per heavy atom. The third-order valence-corrected chi connectivity index (χ3v) is 10.7. The van der Waals surface area contributed by atoms with Gasteiger partial charge in [0.05, 0.1) is 12.2 Å². The van der Waals surface area contributed by atoms with Crippen molar-refractivity contribution in [2.75, 3.05) is 6.54 Å². The molecule has 0 spiro atoms. The summed E-state index contributed by atoms with van der Waals surface area (Å²) in [5, 5.41) is 25.3. The SMILES string of the molecule is C[C@@H]([C@H]1[C@@H](O)C[C@H]2[C@H]3CC=C4C[C@@H](O)CC[C@]4(C)[C@H]3CC[C@]12C)[C@@H]1CCCCN1. The van der Waals surface area contributed by atoms with Crippen LogP contribution in [0.1, 0.15) is 85.0 Å². The number of hydrogen-bond donors (Lipinski definition) is 3. The Bertz CT molecular complexity index is 655. The van der Waals surface area contributed by atoms with E-state index in [-0.39, 0.29) is 17.6 Å². The van der Waals surface area contributed by atoms with Crippen molar-refractivity contribution in [3.05, 3.63) is 11.6 Å². The first-order valence-electron chi connectivity index (χ1n) is 12.6. The van der Waals surface area contributed by atoms with Crippen molar-refractivity contribution in [3.8, 4) is 0 Å². The summed E-state index contributed by atoms with van der Waals surface area (Å²) in [5.74, 6) is 3.14. The van der Waals surface area contributed by atoms with Gasteiger partial charge >= 0.3 is 0 Å². The van der Waals surface area contributed by atoms with Crippen LogP contribution in [-0.4, -0.2) is 35.0 Å². The van der Waals surface area contributed by atoms with E-state index in [0.29, 0.717) is 29.2 Å². The van der Waals surface area contributed by atoms with Gasteiger partial charge in [-0.1, -0.05) is 38.8 Å². The average Bonchev–Trinajstić information content (AvgIpc) is 2.99. The van der Waals surface area contributed by atoms with Gasteiger partial charge < -0.3 is 15.5 Å². The van der Waals surface area contributed by atoms with Crippen LogP contribution in [0.15, 0.2) is 11.6 Å². The molecule has 164 valence electrons. The van der Waals surface area contributed by atoms with E-state index in [0.717, 1.165) is 44.1 Å². The Balaban J connectivity index is 1.41. The van der Waals surface area contributed by atoms with Crippen LogP contribution < -0.4 is 5.32 Å². The van der Waals surface area contributed by atoms with Crippen molar-refractivity contribution in [3.63, 3.8) is 0 Å². The number of hydrogen-bond acceptors (Lipinski definition) is 3. The Hall–Kier alpha value is -0.380. The van der Waals surface area contributed by atoms with Gasteiger partial charge in [-0.25, -0.2) is 0 Å². The smallest absolute Gasteiger partial charge is 0.0579 e. The Morgan fingerprint density at radius 2 is 1.90 bits per heavy atom. The number of fused-ring (bicyclic) bond motifs is 5. The summed E-state index contributed by atoms with van der Waals surface area (Å²) >= 11 is 0. The number of aliphatic hydroxyl groups is 2. The van der Waals surface area contributed by atoms with Crippen LogP contribution in [0, 0.1) is 40.4 Å². The molecule has 3 N–H and O–H groups in total. The molecule has 5 rings (SSSR count). The monoisotopic (exact) mass is 401 g/mol. The summed E-state index contributed by atoms with van der Waals surface area (Å²) in [6.45, 7) is 8.63. The molecule has 0 unspecified atom stereocenters. The fourth-order valence-electron chi connectivity index (χ4n) is 9.22. The van der Waals surface area contributed by atoms with Gasteiger partial charge in [0.1, 0.15) is 0 Å². The van der Waals surface area contributed by atoms with E-state index in [1.165, 1.54) is 38.5 Å². The lowest BCUT2D eigenvalue weighted by Gasteiger charge is -2.58. The van der Waals surface area contributed by atoms with Crippen molar-refractivity contribution in [1.82, 2.24) is 5.32 Å². The molecular weight excluding hydrogens is 358 g/mol. The van der Waals surface area contributed by atoms with Crippen molar-refractivity contribution >= 4 is 0 Å². The molecule has 0 aromatic heterocycles. The van der Waals surface area contributed by atoms with Gasteiger partial charge in [0, 0.05) is 6.04 Å². The van der Waals surface area contributed by atoms with Gasteiger partial charge in [-0.05, 0) is 105 Å². The second-order valence-corrected chi connectivity index (χ2v) is 11.9. The second kappa shape index (κ2) is 7.35. The van der Waals surface area contributed by atoms with Crippen LogP contribution in [0.5, 0.6) is 0 Å². The minimum absolute atomic E-state index is 0.124. The van der Waals surface area contributed by atoms with Gasteiger partial charge in [-0.3, -0.25) is 0 Å². The first-order valence-corrected chi connectivity index (χ1v) is 12.6. The lowest BCUT2D eigenvalue weighted by Crippen LogP contribution is -2.52. The molecule has 0 radical (unpaired) electrons. The molecular formula is C26H43NO2. The maximum Gasteiger partial charge on any atom is 0.0579 e. The average molecular weight is 402 g/mol. The summed E-state index contributed by atoms with van der Waals surface area (Å²) in [6, 6.07) is 0.590. The summed E-state index contributed by atoms with van der Waals surface area (Å²) in [4.78, 5) is 0. The molecule has 0 aromatic rings. The van der Waals surface area contributed by atoms with E-state index in [1.807, 2.05) is 0 Å². The zero-order chi connectivity index (χ0) is 20.4. The van der Waals surface area contributed by atoms with E-state index in [9.17, 15) is 10.2 Å². The summed E-state index contributed by atoms with van der Waals surface area (Å²) < 4.78 is 0. The molecule has 10 atom stereocenters. The second-order valence-electron chi connectivity index (χ2n) is 11.9. The van der Waals surface area contributed by atoms with Crippen molar-refractivity contribution < 1.29 is 10.2 Å². The van der Waals surface area contributed by atoms with E-state index in [2.05, 4.69) is 32.2 Å². The van der Waals surface area contributed by atoms with Gasteiger partial charge in [-0.2, -0.15) is 0 Å². The minimum atomic E-state index is -0.131. The highest BCUT2D eigenvalue weighted by atomic mass is 16.3. The quantitative estimate of drug-likeness (QED) is 0.589. The van der Waals surface area contributed by atoms with Crippen LogP contribution in [0.2, 0.25) is 0 Å². The molecule has 1 aliphatic heterocycles. The molecule has 29 heavy (non-hydrogen) atoms. The molecule has 1 heterocycles. The first-order chi connectivity index (χ1) is 13.8. The maximum absolute atomic E-state index is 11.3. The predicted molar refractivity (Wildman–Crippen MR) is 117 cm³/mol. The Labute approximate surface area is 177 Å². The third-order valence-electron chi connectivity index (χ3n) is 10.7. The van der Waals surface area contributed by atoms with Crippen molar-refractivity contribution in [1.29, 1.82) is 0 Å². The summed E-state index contributed by atoms with van der Waals surface area (Å²) in [5.41, 5.74) is 2.13. The highest BCUT2D eigenvalue weighted by Crippen LogP contribution is 2.67. The lowest BCUT2D eigenvalue weighted by molar-refractivity contribution is -0.0651. The number of piperidine rings is 1. The van der Waals surface area contributed by atoms with Crippen molar-refractivity contribution in [2.24, 2.45) is 40.4 Å². The summed E-state index contributed by atoms with van der Waals surface area (Å²) in [7, 11) is 0. The summed E-state index contributed by atoms with van der Waals surface area (Å²) in [6.07, 6.45) is 14.0. The molecule has 0 amide bonds. The fourth-order valence-corrected chi connectivity index (χ4v) is 9.22. The van der Waals surface area contributed by atoms with Gasteiger partial charge in [0.15, 0.2) is 0 Å². The molecule has 0 aromatic carbocycles. The van der Waals surface area contributed by atoms with Gasteiger partial charge in [0.2, 0.25) is 0 Å². The highest BCUT2D eigenvalue weighted by Gasteiger charge is 2.62. The number of nitrogens with one attached hydrogen (secondary N) is 1. The van der Waals surface area contributed by atoms with E-state index in [4.69, 9.17) is 0 Å². The number of allylic oxidation sites excluding steroid dienone is 1. The van der Waals surface area contributed by atoms with Crippen LogP contribution in [-0.2, 0) is 0 Å². The molecule has 3 nitrogen and oxygen atoms in total.